The molecule has 0 aliphatic rings. The van der Waals surface area contributed by atoms with Gasteiger partial charge in [0.2, 0.25) is 5.88 Å². The van der Waals surface area contributed by atoms with E-state index in [2.05, 4.69) is 9.97 Å². The third-order valence-corrected chi connectivity index (χ3v) is 3.22. The molecule has 112 valence electrons. The smallest absolute Gasteiger partial charge is 0.417 e. The average Bonchev–Trinajstić information content (AvgIpc) is 2.53. The van der Waals surface area contributed by atoms with Gasteiger partial charge in [-0.25, -0.2) is 9.97 Å². The van der Waals surface area contributed by atoms with Gasteiger partial charge < -0.3 is 4.74 Å². The lowest BCUT2D eigenvalue weighted by molar-refractivity contribution is -0.136. The van der Waals surface area contributed by atoms with Crippen molar-refractivity contribution in [2.24, 2.45) is 0 Å². The maximum atomic E-state index is 13.3. The van der Waals surface area contributed by atoms with E-state index in [4.69, 9.17) is 4.74 Å². The van der Waals surface area contributed by atoms with Crippen LogP contribution in [0.15, 0.2) is 48.5 Å². The maximum absolute atomic E-state index is 13.3. The number of benzene rings is 1. The van der Waals surface area contributed by atoms with E-state index in [1.807, 2.05) is 0 Å². The Hall–Kier alpha value is -2.63. The van der Waals surface area contributed by atoms with Crippen LogP contribution in [-0.2, 0) is 6.18 Å². The number of nitrogens with zero attached hydrogens (tertiary/aromatic N) is 2. The first kappa shape index (κ1) is 14.3. The number of pyridine rings is 2. The second-order valence-electron chi connectivity index (χ2n) is 4.64. The van der Waals surface area contributed by atoms with Gasteiger partial charge in [0.1, 0.15) is 0 Å². The van der Waals surface area contributed by atoms with Gasteiger partial charge in [-0.2, -0.15) is 13.2 Å². The third kappa shape index (κ3) is 2.59. The molecular formula is C16H11F3N2O. The van der Waals surface area contributed by atoms with Crippen molar-refractivity contribution in [2.45, 2.75) is 6.18 Å². The van der Waals surface area contributed by atoms with E-state index in [0.717, 1.165) is 6.07 Å². The summed E-state index contributed by atoms with van der Waals surface area (Å²) in [6.07, 6.45) is -4.46. The molecule has 3 rings (SSSR count). The molecule has 0 unspecified atom stereocenters. The van der Waals surface area contributed by atoms with E-state index in [1.165, 1.54) is 13.2 Å². The zero-order chi connectivity index (χ0) is 15.7. The highest BCUT2D eigenvalue weighted by Crippen LogP contribution is 2.36. The van der Waals surface area contributed by atoms with Gasteiger partial charge in [-0.05, 0) is 18.2 Å². The van der Waals surface area contributed by atoms with Crippen LogP contribution in [0.5, 0.6) is 5.88 Å². The SMILES string of the molecule is COc1cccc(-c2cc(C(F)(F)F)c3ccccc3n2)n1. The van der Waals surface area contributed by atoms with Gasteiger partial charge in [-0.1, -0.05) is 24.3 Å². The quantitative estimate of drug-likeness (QED) is 0.707. The molecule has 0 atom stereocenters. The molecule has 0 amide bonds. The molecule has 0 aliphatic carbocycles. The van der Waals surface area contributed by atoms with Crippen LogP contribution in [-0.4, -0.2) is 17.1 Å². The minimum absolute atomic E-state index is 0.0710. The van der Waals surface area contributed by atoms with Crippen LogP contribution in [0.1, 0.15) is 5.56 Å². The Morgan fingerprint density at radius 3 is 2.41 bits per heavy atom. The van der Waals surface area contributed by atoms with Gasteiger partial charge in [-0.15, -0.1) is 0 Å². The molecule has 6 heteroatoms. The first-order valence-electron chi connectivity index (χ1n) is 6.47. The first-order valence-corrected chi connectivity index (χ1v) is 6.47. The number of aromatic nitrogens is 2. The number of halogens is 3. The molecular weight excluding hydrogens is 293 g/mol. The van der Waals surface area contributed by atoms with Crippen LogP contribution in [0.4, 0.5) is 13.2 Å². The molecule has 0 saturated carbocycles. The lowest BCUT2D eigenvalue weighted by Gasteiger charge is -2.12. The van der Waals surface area contributed by atoms with Crippen molar-refractivity contribution in [3.05, 3.63) is 54.1 Å². The maximum Gasteiger partial charge on any atom is 0.417 e. The van der Waals surface area contributed by atoms with Gasteiger partial charge in [0.05, 0.1) is 29.6 Å². The number of hydrogen-bond donors (Lipinski definition) is 0. The van der Waals surface area contributed by atoms with E-state index in [9.17, 15) is 13.2 Å². The molecule has 0 radical (unpaired) electrons. The van der Waals surface area contributed by atoms with Crippen LogP contribution >= 0.6 is 0 Å². The van der Waals surface area contributed by atoms with Gasteiger partial charge in [0.25, 0.3) is 0 Å². The van der Waals surface area contributed by atoms with Crippen molar-refractivity contribution in [1.29, 1.82) is 0 Å². The molecule has 1 aromatic carbocycles. The van der Waals surface area contributed by atoms with Crippen LogP contribution in [0.2, 0.25) is 0 Å². The van der Waals surface area contributed by atoms with Crippen LogP contribution < -0.4 is 4.74 Å². The zero-order valence-corrected chi connectivity index (χ0v) is 11.6. The minimum Gasteiger partial charge on any atom is -0.481 e. The van der Waals surface area contributed by atoms with Gasteiger partial charge >= 0.3 is 6.18 Å². The molecule has 0 N–H and O–H groups in total. The van der Waals surface area contributed by atoms with Crippen molar-refractivity contribution in [3.63, 3.8) is 0 Å². The van der Waals surface area contributed by atoms with Gasteiger partial charge in [-0.3, -0.25) is 0 Å². The normalized spacial score (nSPS) is 11.6. The largest absolute Gasteiger partial charge is 0.481 e. The Morgan fingerprint density at radius 2 is 1.68 bits per heavy atom. The fourth-order valence-corrected chi connectivity index (χ4v) is 2.21. The molecule has 2 heterocycles. The molecule has 2 aromatic heterocycles. The fourth-order valence-electron chi connectivity index (χ4n) is 2.21. The molecule has 0 spiro atoms. The standard InChI is InChI=1S/C16H11F3N2O/c1-22-15-8-4-7-13(21-15)14-9-11(16(17,18)19)10-5-2-3-6-12(10)20-14/h2-9H,1H3. The van der Waals surface area contributed by atoms with E-state index in [-0.39, 0.29) is 16.6 Å². The summed E-state index contributed by atoms with van der Waals surface area (Å²) < 4.78 is 44.9. The lowest BCUT2D eigenvalue weighted by Crippen LogP contribution is -2.07. The summed E-state index contributed by atoms with van der Waals surface area (Å²) in [5.74, 6) is 0.320. The summed E-state index contributed by atoms with van der Waals surface area (Å²) in [6.45, 7) is 0. The van der Waals surface area contributed by atoms with Crippen LogP contribution in [0.3, 0.4) is 0 Å². The van der Waals surface area contributed by atoms with Gasteiger partial charge in [0.15, 0.2) is 0 Å². The van der Waals surface area contributed by atoms with E-state index < -0.39 is 11.7 Å². The Bertz CT molecular complexity index is 831. The summed E-state index contributed by atoms with van der Waals surface area (Å²) in [6, 6.07) is 12.1. The second-order valence-corrected chi connectivity index (χ2v) is 4.64. The molecule has 3 aromatic rings. The van der Waals surface area contributed by atoms with Crippen molar-refractivity contribution in [1.82, 2.24) is 9.97 Å². The average molecular weight is 304 g/mol. The highest BCUT2D eigenvalue weighted by molar-refractivity contribution is 5.85. The van der Waals surface area contributed by atoms with Crippen molar-refractivity contribution in [3.8, 4) is 17.3 Å². The second kappa shape index (κ2) is 5.29. The Morgan fingerprint density at radius 1 is 0.909 bits per heavy atom. The predicted molar refractivity (Wildman–Crippen MR) is 76.5 cm³/mol. The number of hydrogen-bond acceptors (Lipinski definition) is 3. The van der Waals surface area contributed by atoms with Crippen molar-refractivity contribution < 1.29 is 17.9 Å². The minimum atomic E-state index is -4.46. The number of para-hydroxylation sites is 1. The lowest BCUT2D eigenvalue weighted by atomic mass is 10.1. The summed E-state index contributed by atoms with van der Waals surface area (Å²) >= 11 is 0. The Balaban J connectivity index is 2.27. The fraction of sp³-hybridized carbons (Fsp3) is 0.125. The Kier molecular flexibility index (Phi) is 3.44. The number of alkyl halides is 3. The zero-order valence-electron chi connectivity index (χ0n) is 11.6. The molecule has 0 fully saturated rings. The van der Waals surface area contributed by atoms with Crippen LogP contribution in [0.25, 0.3) is 22.3 Å². The van der Waals surface area contributed by atoms with Crippen molar-refractivity contribution >= 4 is 10.9 Å². The number of methoxy groups -OCH3 is 1. The van der Waals surface area contributed by atoms with Crippen molar-refractivity contribution in [2.75, 3.05) is 7.11 Å². The predicted octanol–water partition coefficient (Wildman–Crippen LogP) is 4.32. The van der Waals surface area contributed by atoms with E-state index in [1.54, 1.807) is 36.4 Å². The molecule has 3 nitrogen and oxygen atoms in total. The molecule has 0 aliphatic heterocycles. The number of ether oxygens (including phenoxy) is 1. The van der Waals surface area contributed by atoms with Gasteiger partial charge in [0, 0.05) is 11.5 Å². The summed E-state index contributed by atoms with van der Waals surface area (Å²) in [5.41, 5.74) is 0.0372. The van der Waals surface area contributed by atoms with E-state index in [0.29, 0.717) is 11.6 Å². The highest BCUT2D eigenvalue weighted by Gasteiger charge is 2.33. The summed E-state index contributed by atoms with van der Waals surface area (Å²) in [5, 5.41) is 0.0710. The summed E-state index contributed by atoms with van der Waals surface area (Å²) in [4.78, 5) is 8.42. The molecule has 0 bridgehead atoms. The number of fused-ring (bicyclic) bond motifs is 1. The third-order valence-electron chi connectivity index (χ3n) is 3.22. The molecule has 22 heavy (non-hydrogen) atoms. The van der Waals surface area contributed by atoms with Crippen LogP contribution in [0, 0.1) is 0 Å². The summed E-state index contributed by atoms with van der Waals surface area (Å²) in [7, 11) is 1.45. The molecule has 0 saturated heterocycles. The monoisotopic (exact) mass is 304 g/mol. The topological polar surface area (TPSA) is 35.0 Å². The first-order chi connectivity index (χ1) is 10.5. The highest BCUT2D eigenvalue weighted by atomic mass is 19.4. The number of rotatable bonds is 2. The van der Waals surface area contributed by atoms with E-state index >= 15 is 0 Å². The Labute approximate surface area is 124 Å².